The van der Waals surface area contributed by atoms with Gasteiger partial charge in [-0.05, 0) is 26.2 Å². The Bertz CT molecular complexity index is 881. The van der Waals surface area contributed by atoms with E-state index in [2.05, 4.69) is 9.97 Å². The minimum absolute atomic E-state index is 0.0257. The monoisotopic (exact) mass is 396 g/mol. The first kappa shape index (κ1) is 19.5. The molecule has 0 aliphatic carbocycles. The zero-order chi connectivity index (χ0) is 20.4. The maximum Gasteiger partial charge on any atom is 0.224 e. The first-order valence-corrected chi connectivity index (χ1v) is 10.4. The van der Waals surface area contributed by atoms with Crippen LogP contribution in [0.1, 0.15) is 68.7 Å². The number of rotatable bonds is 4. The maximum absolute atomic E-state index is 12.8. The van der Waals surface area contributed by atoms with Crippen molar-refractivity contribution in [3.8, 4) is 0 Å². The van der Waals surface area contributed by atoms with E-state index in [-0.39, 0.29) is 23.9 Å². The lowest BCUT2D eigenvalue weighted by Crippen LogP contribution is -2.39. The summed E-state index contributed by atoms with van der Waals surface area (Å²) in [5, 5.41) is 0. The molecule has 4 rings (SSSR count). The van der Waals surface area contributed by atoms with E-state index in [0.29, 0.717) is 19.5 Å². The van der Waals surface area contributed by atoms with Gasteiger partial charge in [0.2, 0.25) is 11.8 Å². The lowest BCUT2D eigenvalue weighted by Gasteiger charge is -2.35. The molecule has 0 radical (unpaired) electrons. The summed E-state index contributed by atoms with van der Waals surface area (Å²) in [4.78, 5) is 42.0. The summed E-state index contributed by atoms with van der Waals surface area (Å²) in [6.45, 7) is 5.63. The molecule has 0 spiro atoms. The molecule has 2 amide bonds. The first-order valence-electron chi connectivity index (χ1n) is 10.4. The largest absolute Gasteiger partial charge is 0.338 e. The molecule has 0 unspecified atom stereocenters. The number of likely N-dealkylation sites (tertiary alicyclic amines) is 1. The van der Waals surface area contributed by atoms with Crippen LogP contribution in [0.5, 0.6) is 0 Å². The van der Waals surface area contributed by atoms with Crippen LogP contribution in [0.3, 0.4) is 0 Å². The molecule has 0 N–H and O–H groups in total. The summed E-state index contributed by atoms with van der Waals surface area (Å²) in [6.07, 6.45) is 11.4. The van der Waals surface area contributed by atoms with E-state index in [4.69, 9.17) is 4.98 Å². The Balaban J connectivity index is 1.44. The van der Waals surface area contributed by atoms with Crippen molar-refractivity contribution in [2.24, 2.45) is 0 Å². The van der Waals surface area contributed by atoms with Gasteiger partial charge in [0.1, 0.15) is 0 Å². The summed E-state index contributed by atoms with van der Waals surface area (Å²) in [7, 11) is 0. The van der Waals surface area contributed by atoms with Gasteiger partial charge in [0.05, 0.1) is 18.1 Å². The van der Waals surface area contributed by atoms with E-state index in [1.165, 1.54) is 0 Å². The van der Waals surface area contributed by atoms with Gasteiger partial charge in [-0.1, -0.05) is 0 Å². The molecule has 0 bridgehead atoms. The number of fused-ring (bicyclic) bond motifs is 1. The minimum atomic E-state index is -0.0257. The van der Waals surface area contributed by atoms with Crippen molar-refractivity contribution < 1.29 is 9.59 Å². The van der Waals surface area contributed by atoms with E-state index >= 15 is 0 Å². The third kappa shape index (κ3) is 4.16. The Morgan fingerprint density at radius 3 is 2.90 bits per heavy atom. The summed E-state index contributed by atoms with van der Waals surface area (Å²) < 4.78 is 1.95. The van der Waals surface area contributed by atoms with Crippen LogP contribution in [0.2, 0.25) is 0 Å². The van der Waals surface area contributed by atoms with Crippen LogP contribution < -0.4 is 0 Å². The second-order valence-corrected chi connectivity index (χ2v) is 8.05. The van der Waals surface area contributed by atoms with Gasteiger partial charge in [-0.25, -0.2) is 15.0 Å². The van der Waals surface area contributed by atoms with Crippen LogP contribution in [-0.4, -0.2) is 54.2 Å². The molecule has 2 aromatic heterocycles. The van der Waals surface area contributed by atoms with Gasteiger partial charge in [-0.3, -0.25) is 9.59 Å². The van der Waals surface area contributed by atoms with Gasteiger partial charge >= 0.3 is 0 Å². The molecule has 2 aliphatic rings. The Morgan fingerprint density at radius 2 is 2.14 bits per heavy atom. The Kier molecular flexibility index (Phi) is 5.60. The summed E-state index contributed by atoms with van der Waals surface area (Å²) in [6, 6.07) is 0.0520. The van der Waals surface area contributed by atoms with Gasteiger partial charge in [-0.2, -0.15) is 0 Å². The fraction of sp³-hybridized carbons (Fsp3) is 0.571. The highest BCUT2D eigenvalue weighted by molar-refractivity contribution is 5.77. The lowest BCUT2D eigenvalue weighted by molar-refractivity contribution is -0.133. The fourth-order valence-corrected chi connectivity index (χ4v) is 4.30. The van der Waals surface area contributed by atoms with Crippen LogP contribution in [-0.2, 0) is 22.6 Å². The van der Waals surface area contributed by atoms with Crippen LogP contribution in [0.25, 0.3) is 0 Å². The van der Waals surface area contributed by atoms with Gasteiger partial charge in [-0.15, -0.1) is 0 Å². The molecule has 0 saturated carbocycles. The SMILES string of the molecule is CC(=O)N1CCCC[C@@H]1c1ncc2c(n1)CCN(C(=O)C[C@H](C)n1ccnc1)C2. The van der Waals surface area contributed by atoms with Crippen molar-refractivity contribution in [3.63, 3.8) is 0 Å². The molecule has 2 aromatic rings. The number of hydrogen-bond acceptors (Lipinski definition) is 5. The van der Waals surface area contributed by atoms with E-state index < -0.39 is 0 Å². The molecule has 1 saturated heterocycles. The second-order valence-electron chi connectivity index (χ2n) is 8.05. The van der Waals surface area contributed by atoms with Crippen molar-refractivity contribution in [2.75, 3.05) is 13.1 Å². The molecular weight excluding hydrogens is 368 g/mol. The van der Waals surface area contributed by atoms with E-state index in [9.17, 15) is 9.59 Å². The van der Waals surface area contributed by atoms with Crippen molar-refractivity contribution in [3.05, 3.63) is 42.0 Å². The highest BCUT2D eigenvalue weighted by Gasteiger charge is 2.30. The molecule has 29 heavy (non-hydrogen) atoms. The molecule has 0 aromatic carbocycles. The van der Waals surface area contributed by atoms with Crippen molar-refractivity contribution in [1.29, 1.82) is 0 Å². The predicted octanol–water partition coefficient (Wildman–Crippen LogP) is 2.28. The summed E-state index contributed by atoms with van der Waals surface area (Å²) in [5.74, 6) is 0.961. The molecule has 2 atom stereocenters. The molecule has 8 nitrogen and oxygen atoms in total. The zero-order valence-electron chi connectivity index (χ0n) is 17.1. The Labute approximate surface area is 171 Å². The number of piperidine rings is 1. The van der Waals surface area contributed by atoms with Crippen molar-refractivity contribution in [1.82, 2.24) is 29.3 Å². The number of amides is 2. The van der Waals surface area contributed by atoms with Gasteiger partial charge in [0.15, 0.2) is 5.82 Å². The van der Waals surface area contributed by atoms with Crippen LogP contribution in [0.15, 0.2) is 24.9 Å². The van der Waals surface area contributed by atoms with E-state index in [0.717, 1.165) is 49.3 Å². The van der Waals surface area contributed by atoms with Gasteiger partial charge < -0.3 is 14.4 Å². The molecular formula is C21H28N6O2. The topological polar surface area (TPSA) is 84.2 Å². The number of carbonyl (C=O) groups is 2. The number of imidazole rings is 1. The summed E-state index contributed by atoms with van der Waals surface area (Å²) >= 11 is 0. The van der Waals surface area contributed by atoms with Crippen LogP contribution >= 0.6 is 0 Å². The standard InChI is InChI=1S/C21H28N6O2/c1-15(26-10-7-22-14-26)11-20(29)25-9-6-18-17(13-25)12-23-21(24-18)19-5-3-4-8-27(19)16(2)28/h7,10,12,14-15,19H,3-6,8-9,11,13H2,1-2H3/t15-,19+/m0/s1. The van der Waals surface area contributed by atoms with Crippen LogP contribution in [0.4, 0.5) is 0 Å². The van der Waals surface area contributed by atoms with E-state index in [1.54, 1.807) is 19.4 Å². The number of aromatic nitrogens is 4. The molecule has 1 fully saturated rings. The van der Waals surface area contributed by atoms with Crippen molar-refractivity contribution in [2.45, 2.75) is 64.6 Å². The molecule has 154 valence electrons. The Hall–Kier alpha value is -2.77. The smallest absolute Gasteiger partial charge is 0.224 e. The fourth-order valence-electron chi connectivity index (χ4n) is 4.30. The average Bonchev–Trinajstić information content (AvgIpc) is 3.28. The minimum Gasteiger partial charge on any atom is -0.338 e. The lowest BCUT2D eigenvalue weighted by atomic mass is 10.00. The number of nitrogens with zero attached hydrogens (tertiary/aromatic N) is 6. The second kappa shape index (κ2) is 8.31. The average molecular weight is 396 g/mol. The number of hydrogen-bond donors (Lipinski definition) is 0. The Morgan fingerprint density at radius 1 is 1.28 bits per heavy atom. The van der Waals surface area contributed by atoms with Gasteiger partial charge in [0.25, 0.3) is 0 Å². The highest BCUT2D eigenvalue weighted by Crippen LogP contribution is 2.30. The van der Waals surface area contributed by atoms with Crippen molar-refractivity contribution >= 4 is 11.8 Å². The quantitative estimate of drug-likeness (QED) is 0.792. The molecule has 2 aliphatic heterocycles. The van der Waals surface area contributed by atoms with E-state index in [1.807, 2.05) is 33.7 Å². The maximum atomic E-state index is 12.8. The third-order valence-electron chi connectivity index (χ3n) is 6.01. The predicted molar refractivity (Wildman–Crippen MR) is 107 cm³/mol. The molecule has 4 heterocycles. The highest BCUT2D eigenvalue weighted by atomic mass is 16.2. The summed E-state index contributed by atoms with van der Waals surface area (Å²) in [5.41, 5.74) is 2.02. The molecule has 8 heteroatoms. The first-order chi connectivity index (χ1) is 14.0. The third-order valence-corrected chi connectivity index (χ3v) is 6.01. The zero-order valence-corrected chi connectivity index (χ0v) is 17.1. The number of carbonyl (C=O) groups excluding carboxylic acids is 2. The van der Waals surface area contributed by atoms with Gasteiger partial charge in [0, 0.05) is 69.6 Å². The normalized spacial score (nSPS) is 20.3. The van der Waals surface area contributed by atoms with Crippen LogP contribution in [0, 0.1) is 0 Å².